The molecule has 8 fully saturated rings. The molecule has 30 unspecified atom stereocenters. The minimum atomic E-state index is -1.93. The second-order valence-corrected chi connectivity index (χ2v) is 23.7. The van der Waals surface area contributed by atoms with Gasteiger partial charge in [-0.25, -0.2) is 0 Å². The van der Waals surface area contributed by atoms with Gasteiger partial charge in [0, 0.05) is 12.3 Å². The summed E-state index contributed by atoms with van der Waals surface area (Å²) in [6, 6.07) is 0. The summed E-state index contributed by atoms with van der Waals surface area (Å²) in [5, 5.41) is 146. The van der Waals surface area contributed by atoms with Crippen LogP contribution in [0.5, 0.6) is 0 Å². The number of hydrogen-bond acceptors (Lipinski definition) is 23. The SMILES string of the molecule is CC1=C(CCC(C)COC2OC(CO)C(O)C(O)C2O)OC2CC3C4CCC5CC(OC6OC(CO)C(O)C(O)C6OC6OC(CO)C(OC7OC(CO)C(O)C(O)C7O)C(O)C6O)CCC5(C)C4CCC3(C)C12. The summed E-state index contributed by atoms with van der Waals surface area (Å²) in [5.74, 6) is 3.26. The van der Waals surface area contributed by atoms with Gasteiger partial charge in [0.05, 0.1) is 44.9 Å². The van der Waals surface area contributed by atoms with Crippen LogP contribution in [0.2, 0.25) is 0 Å². The average molecular weight is 1070 g/mol. The van der Waals surface area contributed by atoms with Crippen LogP contribution in [0.1, 0.15) is 91.9 Å². The Bertz CT molecular complexity index is 1890. The normalized spacial score (nSPS) is 52.9. The van der Waals surface area contributed by atoms with Gasteiger partial charge in [0.1, 0.15) is 104 Å². The van der Waals surface area contributed by atoms with E-state index < -0.39 is 149 Å². The quantitative estimate of drug-likeness (QED) is 0.0685. The molecule has 23 nitrogen and oxygen atoms in total. The number of ether oxygens (including phenoxy) is 9. The van der Waals surface area contributed by atoms with E-state index in [2.05, 4.69) is 20.8 Å². The standard InChI is InChI=1S/C51H84O23/c1-20(19-66-46-41(63)37(59)34(56)29(15-52)69-46)5-8-27-21(2)33-28(68-27)14-26-24-7-6-22-13-23(9-11-50(22,3)25(24)10-12-51(26,33)4)67-49-45(39(61)36(58)31(17-54)71-49)74-48-43(65)40(62)44(32(18-55)72-48)73-47-42(64)38(60)35(57)30(16-53)70-47/h20,22-26,28-49,52-65H,5-19H2,1-4H3. The maximum absolute atomic E-state index is 11.4. The fourth-order valence-electron chi connectivity index (χ4n) is 15.2. The lowest BCUT2D eigenvalue weighted by atomic mass is 9.44. The minimum Gasteiger partial charge on any atom is -0.494 e. The summed E-state index contributed by atoms with van der Waals surface area (Å²) in [6.07, 6.45) is -22.5. The van der Waals surface area contributed by atoms with Crippen molar-refractivity contribution in [1.82, 2.24) is 0 Å². The van der Waals surface area contributed by atoms with E-state index >= 15 is 0 Å². The Morgan fingerprint density at radius 2 is 1.07 bits per heavy atom. The van der Waals surface area contributed by atoms with Crippen molar-refractivity contribution in [3.05, 3.63) is 11.3 Å². The lowest BCUT2D eigenvalue weighted by Gasteiger charge is -2.61. The number of hydrogen-bond donors (Lipinski definition) is 14. The Hall–Kier alpha value is -1.34. The number of fused-ring (bicyclic) bond motifs is 7. The minimum absolute atomic E-state index is 0.0307. The van der Waals surface area contributed by atoms with Crippen molar-refractivity contribution in [2.75, 3.05) is 33.0 Å². The summed E-state index contributed by atoms with van der Waals surface area (Å²) >= 11 is 0. The smallest absolute Gasteiger partial charge is 0.187 e. The largest absolute Gasteiger partial charge is 0.494 e. The molecule has 0 radical (unpaired) electrons. The second kappa shape index (κ2) is 23.0. The highest BCUT2D eigenvalue weighted by atomic mass is 16.8. The molecule has 0 spiro atoms. The Morgan fingerprint density at radius 3 is 1.70 bits per heavy atom. The van der Waals surface area contributed by atoms with Crippen molar-refractivity contribution in [1.29, 1.82) is 0 Å². The Morgan fingerprint density at radius 1 is 0.541 bits per heavy atom. The molecule has 23 heteroatoms. The van der Waals surface area contributed by atoms with E-state index in [9.17, 15) is 71.5 Å². The monoisotopic (exact) mass is 1060 g/mol. The molecule has 0 amide bonds. The molecule has 4 saturated heterocycles. The molecule has 4 aliphatic carbocycles. The van der Waals surface area contributed by atoms with E-state index in [1.807, 2.05) is 6.92 Å². The molecule has 5 aliphatic heterocycles. The molecule has 30 atom stereocenters. The first-order valence-electron chi connectivity index (χ1n) is 27.0. The predicted molar refractivity (Wildman–Crippen MR) is 250 cm³/mol. The van der Waals surface area contributed by atoms with Gasteiger partial charge in [0.15, 0.2) is 25.2 Å². The van der Waals surface area contributed by atoms with Crippen molar-refractivity contribution in [2.45, 2.75) is 227 Å². The van der Waals surface area contributed by atoms with Gasteiger partial charge < -0.3 is 114 Å². The van der Waals surface area contributed by atoms with Gasteiger partial charge in [-0.1, -0.05) is 20.8 Å². The van der Waals surface area contributed by atoms with Crippen LogP contribution in [0.25, 0.3) is 0 Å². The fraction of sp³-hybridized carbons (Fsp3) is 0.961. The van der Waals surface area contributed by atoms with Crippen molar-refractivity contribution in [2.24, 2.45) is 46.3 Å². The Labute approximate surface area is 430 Å². The van der Waals surface area contributed by atoms with Gasteiger partial charge >= 0.3 is 0 Å². The van der Waals surface area contributed by atoms with Crippen LogP contribution in [0.3, 0.4) is 0 Å². The molecule has 426 valence electrons. The first-order valence-corrected chi connectivity index (χ1v) is 27.0. The van der Waals surface area contributed by atoms with E-state index in [1.165, 1.54) is 5.57 Å². The summed E-state index contributed by atoms with van der Waals surface area (Å²) < 4.78 is 53.9. The Kier molecular flexibility index (Phi) is 17.8. The maximum atomic E-state index is 11.4. The number of aliphatic hydroxyl groups excluding tert-OH is 14. The first kappa shape index (κ1) is 57.3. The maximum Gasteiger partial charge on any atom is 0.187 e. The van der Waals surface area contributed by atoms with E-state index in [-0.39, 0.29) is 35.6 Å². The molecule has 74 heavy (non-hydrogen) atoms. The highest BCUT2D eigenvalue weighted by molar-refractivity contribution is 5.27. The zero-order chi connectivity index (χ0) is 53.3. The number of allylic oxidation sites excluding steroid dienone is 1. The fourth-order valence-corrected chi connectivity index (χ4v) is 15.2. The van der Waals surface area contributed by atoms with E-state index in [0.717, 1.165) is 57.1 Å². The summed E-state index contributed by atoms with van der Waals surface area (Å²) in [7, 11) is 0. The van der Waals surface area contributed by atoms with E-state index in [1.54, 1.807) is 0 Å². The third kappa shape index (κ3) is 10.4. The van der Waals surface area contributed by atoms with Gasteiger partial charge in [-0.15, -0.1) is 0 Å². The molecular weight excluding hydrogens is 981 g/mol. The molecular formula is C51H84O23. The van der Waals surface area contributed by atoms with E-state index in [4.69, 9.17) is 42.6 Å². The molecule has 4 saturated carbocycles. The predicted octanol–water partition coefficient (Wildman–Crippen LogP) is -3.01. The third-order valence-corrected chi connectivity index (χ3v) is 19.5. The topological polar surface area (TPSA) is 366 Å². The molecule has 14 N–H and O–H groups in total. The van der Waals surface area contributed by atoms with Crippen LogP contribution in [-0.4, -0.2) is 240 Å². The van der Waals surface area contributed by atoms with Gasteiger partial charge in [0.2, 0.25) is 0 Å². The zero-order valence-corrected chi connectivity index (χ0v) is 42.7. The van der Waals surface area contributed by atoms with E-state index in [0.29, 0.717) is 42.4 Å². The van der Waals surface area contributed by atoms with Crippen molar-refractivity contribution < 1.29 is 114 Å². The van der Waals surface area contributed by atoms with Crippen LogP contribution in [-0.2, 0) is 42.6 Å². The van der Waals surface area contributed by atoms with Crippen LogP contribution in [0.15, 0.2) is 11.3 Å². The van der Waals surface area contributed by atoms with Crippen LogP contribution in [0, 0.1) is 46.3 Å². The van der Waals surface area contributed by atoms with Gasteiger partial charge in [-0.05, 0) is 111 Å². The lowest BCUT2D eigenvalue weighted by molar-refractivity contribution is -0.387. The molecule has 9 aliphatic rings. The van der Waals surface area contributed by atoms with Gasteiger partial charge in [-0.2, -0.15) is 0 Å². The molecule has 5 heterocycles. The van der Waals surface area contributed by atoms with Crippen LogP contribution in [0.4, 0.5) is 0 Å². The van der Waals surface area contributed by atoms with Crippen LogP contribution >= 0.6 is 0 Å². The van der Waals surface area contributed by atoms with Gasteiger partial charge in [-0.3, -0.25) is 0 Å². The summed E-state index contributed by atoms with van der Waals surface area (Å²) in [6.45, 7) is 6.66. The highest BCUT2D eigenvalue weighted by Crippen LogP contribution is 2.70. The second-order valence-electron chi connectivity index (χ2n) is 23.7. The first-order chi connectivity index (χ1) is 35.2. The van der Waals surface area contributed by atoms with Crippen molar-refractivity contribution in [3.63, 3.8) is 0 Å². The molecule has 0 aromatic heterocycles. The summed E-state index contributed by atoms with van der Waals surface area (Å²) in [5.41, 5.74) is 1.44. The van der Waals surface area contributed by atoms with Crippen molar-refractivity contribution in [3.8, 4) is 0 Å². The Balaban J connectivity index is 0.803. The third-order valence-electron chi connectivity index (χ3n) is 19.5. The number of aliphatic hydroxyl groups is 14. The molecule has 0 bridgehead atoms. The molecule has 0 aromatic carbocycles. The summed E-state index contributed by atoms with van der Waals surface area (Å²) in [4.78, 5) is 0. The lowest BCUT2D eigenvalue weighted by Crippen LogP contribution is -2.66. The van der Waals surface area contributed by atoms with Crippen molar-refractivity contribution >= 4 is 0 Å². The van der Waals surface area contributed by atoms with Gasteiger partial charge in [0.25, 0.3) is 0 Å². The highest BCUT2D eigenvalue weighted by Gasteiger charge is 2.65. The molecule has 9 rings (SSSR count). The zero-order valence-electron chi connectivity index (χ0n) is 42.7. The van der Waals surface area contributed by atoms with Crippen LogP contribution < -0.4 is 0 Å². The number of rotatable bonds is 16. The average Bonchev–Trinajstić information content (AvgIpc) is 3.88. The molecule has 0 aromatic rings.